The molecule has 0 N–H and O–H groups in total. The zero-order valence-corrected chi connectivity index (χ0v) is 20.2. The van der Waals surface area contributed by atoms with E-state index in [2.05, 4.69) is 23.2 Å². The summed E-state index contributed by atoms with van der Waals surface area (Å²) in [5.74, 6) is 1.03. The Hall–Kier alpha value is -4.24. The average molecular weight is 464 g/mol. The minimum Gasteiger partial charge on any atom is -0.335 e. The van der Waals surface area contributed by atoms with E-state index < -0.39 is 0 Å². The highest BCUT2D eigenvalue weighted by molar-refractivity contribution is 5.90. The van der Waals surface area contributed by atoms with Crippen LogP contribution in [0.25, 0.3) is 11.1 Å². The Morgan fingerprint density at radius 2 is 1.66 bits per heavy atom. The van der Waals surface area contributed by atoms with E-state index in [1.165, 1.54) is 0 Å². The fourth-order valence-corrected chi connectivity index (χ4v) is 4.08. The van der Waals surface area contributed by atoms with E-state index in [1.807, 2.05) is 83.4 Å². The van der Waals surface area contributed by atoms with Gasteiger partial charge in [-0.25, -0.2) is 0 Å². The molecule has 3 aromatic carbocycles. The summed E-state index contributed by atoms with van der Waals surface area (Å²) in [6, 6.07) is 27.9. The third kappa shape index (κ3) is 5.64. The molecule has 0 fully saturated rings. The maximum Gasteiger partial charge on any atom is 0.291 e. The number of benzene rings is 3. The molecule has 1 aromatic heterocycles. The van der Waals surface area contributed by atoms with Crippen LogP contribution in [-0.2, 0) is 19.5 Å². The lowest BCUT2D eigenvalue weighted by Crippen LogP contribution is -2.29. The summed E-state index contributed by atoms with van der Waals surface area (Å²) in [6.45, 7) is 3.15. The van der Waals surface area contributed by atoms with Crippen molar-refractivity contribution in [2.75, 3.05) is 7.05 Å². The van der Waals surface area contributed by atoms with E-state index >= 15 is 0 Å². The summed E-state index contributed by atoms with van der Waals surface area (Å²) in [7, 11) is 1.79. The molecule has 0 bridgehead atoms. The number of carbonyl (C=O) groups is 1. The van der Waals surface area contributed by atoms with E-state index in [4.69, 9.17) is 0 Å². The second-order valence-electron chi connectivity index (χ2n) is 8.63. The van der Waals surface area contributed by atoms with E-state index in [9.17, 15) is 10.1 Å². The normalized spacial score (nSPS) is 10.7. The maximum absolute atomic E-state index is 13.3. The van der Waals surface area contributed by atoms with E-state index in [0.29, 0.717) is 24.5 Å². The summed E-state index contributed by atoms with van der Waals surface area (Å²) in [6.07, 6.45) is 2.79. The van der Waals surface area contributed by atoms with Gasteiger partial charge in [0.2, 0.25) is 5.82 Å². The number of rotatable bonds is 9. The van der Waals surface area contributed by atoms with Crippen LogP contribution in [0, 0.1) is 11.3 Å². The van der Waals surface area contributed by atoms with Crippen LogP contribution >= 0.6 is 0 Å². The lowest BCUT2D eigenvalue weighted by molar-refractivity contribution is 0.0767. The number of aryl methyl sites for hydroxylation is 1. The Morgan fingerprint density at radius 3 is 2.37 bits per heavy atom. The fraction of sp³-hybridized carbons (Fsp3) is 0.241. The quantitative estimate of drug-likeness (QED) is 0.329. The molecular formula is C29H29N5O. The molecule has 4 rings (SSSR count). The molecule has 0 aliphatic rings. The number of nitrogens with zero attached hydrogens (tertiary/aromatic N) is 5. The SMILES string of the molecule is CCCCc1nnc(C(=O)N(C)Cc2ccccc2)n1Cc1ccc(-c2ccccc2C#N)cc1. The Labute approximate surface area is 206 Å². The molecule has 0 aliphatic heterocycles. The standard InChI is InChI=1S/C29H29N5O/c1-3-4-14-27-31-32-28(29(35)33(2)20-22-10-6-5-7-11-22)34(27)21-23-15-17-24(18-16-23)26-13-9-8-12-25(26)19-30/h5-13,15-18H,3-4,14,20-21H2,1-2H3. The molecule has 1 amide bonds. The van der Waals surface area contributed by atoms with Crippen molar-refractivity contribution >= 4 is 5.91 Å². The van der Waals surface area contributed by atoms with Gasteiger partial charge in [-0.3, -0.25) is 4.79 Å². The van der Waals surface area contributed by atoms with Gasteiger partial charge in [0, 0.05) is 20.0 Å². The molecule has 0 unspecified atom stereocenters. The molecule has 35 heavy (non-hydrogen) atoms. The van der Waals surface area contributed by atoms with Gasteiger partial charge in [0.1, 0.15) is 5.82 Å². The van der Waals surface area contributed by atoms with Crippen molar-refractivity contribution in [2.45, 2.75) is 39.3 Å². The summed E-state index contributed by atoms with van der Waals surface area (Å²) in [5.41, 5.74) is 4.65. The first-order valence-electron chi connectivity index (χ1n) is 11.9. The zero-order valence-electron chi connectivity index (χ0n) is 20.2. The Morgan fingerprint density at radius 1 is 0.943 bits per heavy atom. The average Bonchev–Trinajstić information content (AvgIpc) is 3.30. The van der Waals surface area contributed by atoms with Crippen LogP contribution in [0.4, 0.5) is 0 Å². The molecule has 0 saturated carbocycles. The number of carbonyl (C=O) groups excluding carboxylic acids is 1. The predicted octanol–water partition coefficient (Wildman–Crippen LogP) is 5.48. The molecular weight excluding hydrogens is 434 g/mol. The van der Waals surface area contributed by atoms with Gasteiger partial charge < -0.3 is 9.47 Å². The van der Waals surface area contributed by atoms with Gasteiger partial charge >= 0.3 is 0 Å². The van der Waals surface area contributed by atoms with Crippen molar-refractivity contribution in [1.29, 1.82) is 5.26 Å². The Balaban J connectivity index is 1.59. The van der Waals surface area contributed by atoms with E-state index in [-0.39, 0.29) is 5.91 Å². The summed E-state index contributed by atoms with van der Waals surface area (Å²) >= 11 is 0. The van der Waals surface area contributed by atoms with Crippen LogP contribution in [0.1, 0.15) is 52.9 Å². The molecule has 0 saturated heterocycles. The number of hydrogen-bond donors (Lipinski definition) is 0. The van der Waals surface area contributed by atoms with Crippen LogP contribution in [0.3, 0.4) is 0 Å². The van der Waals surface area contributed by atoms with Crippen LogP contribution in [0.15, 0.2) is 78.9 Å². The smallest absolute Gasteiger partial charge is 0.291 e. The van der Waals surface area contributed by atoms with Gasteiger partial charge in [-0.1, -0.05) is 86.1 Å². The molecule has 0 atom stereocenters. The number of nitriles is 1. The molecule has 1 heterocycles. The number of unbranched alkanes of at least 4 members (excludes halogenated alkanes) is 1. The maximum atomic E-state index is 13.3. The molecule has 6 nitrogen and oxygen atoms in total. The van der Waals surface area contributed by atoms with Gasteiger partial charge in [0.15, 0.2) is 0 Å². The molecule has 176 valence electrons. The molecule has 0 spiro atoms. The van der Waals surface area contributed by atoms with Crippen molar-refractivity contribution in [2.24, 2.45) is 0 Å². The first kappa shape index (κ1) is 23.9. The molecule has 0 aliphatic carbocycles. The first-order chi connectivity index (χ1) is 17.1. The minimum absolute atomic E-state index is 0.149. The van der Waals surface area contributed by atoms with Gasteiger partial charge in [0.25, 0.3) is 5.91 Å². The molecule has 4 aromatic rings. The zero-order chi connectivity index (χ0) is 24.6. The second kappa shape index (κ2) is 11.3. The van der Waals surface area contributed by atoms with Crippen LogP contribution in [0.2, 0.25) is 0 Å². The van der Waals surface area contributed by atoms with Crippen molar-refractivity contribution in [1.82, 2.24) is 19.7 Å². The number of amides is 1. The van der Waals surface area contributed by atoms with Crippen molar-refractivity contribution in [3.8, 4) is 17.2 Å². The molecule has 6 heteroatoms. The monoisotopic (exact) mass is 463 g/mol. The highest BCUT2D eigenvalue weighted by atomic mass is 16.2. The minimum atomic E-state index is -0.149. The topological polar surface area (TPSA) is 74.8 Å². The van der Waals surface area contributed by atoms with Gasteiger partial charge in [-0.15, -0.1) is 10.2 Å². The van der Waals surface area contributed by atoms with Crippen LogP contribution < -0.4 is 0 Å². The lowest BCUT2D eigenvalue weighted by atomic mass is 9.99. The number of aromatic nitrogens is 3. The molecule has 0 radical (unpaired) electrons. The first-order valence-corrected chi connectivity index (χ1v) is 11.9. The van der Waals surface area contributed by atoms with E-state index in [1.54, 1.807) is 11.9 Å². The Bertz CT molecular complexity index is 1320. The fourth-order valence-electron chi connectivity index (χ4n) is 4.08. The van der Waals surface area contributed by atoms with Gasteiger partial charge in [-0.05, 0) is 34.7 Å². The van der Waals surface area contributed by atoms with Crippen LogP contribution in [0.5, 0.6) is 0 Å². The third-order valence-corrected chi connectivity index (χ3v) is 6.04. The lowest BCUT2D eigenvalue weighted by Gasteiger charge is -2.18. The summed E-state index contributed by atoms with van der Waals surface area (Å²) in [4.78, 5) is 15.0. The van der Waals surface area contributed by atoms with Crippen molar-refractivity contribution in [3.05, 3.63) is 107 Å². The largest absolute Gasteiger partial charge is 0.335 e. The van der Waals surface area contributed by atoms with E-state index in [0.717, 1.165) is 47.3 Å². The Kier molecular flexibility index (Phi) is 7.69. The van der Waals surface area contributed by atoms with Gasteiger partial charge in [0.05, 0.1) is 18.2 Å². The second-order valence-corrected chi connectivity index (χ2v) is 8.63. The third-order valence-electron chi connectivity index (χ3n) is 6.04. The predicted molar refractivity (Wildman–Crippen MR) is 137 cm³/mol. The number of hydrogen-bond acceptors (Lipinski definition) is 4. The highest BCUT2D eigenvalue weighted by Crippen LogP contribution is 2.24. The highest BCUT2D eigenvalue weighted by Gasteiger charge is 2.22. The summed E-state index contributed by atoms with van der Waals surface area (Å²) in [5, 5.41) is 18.1. The van der Waals surface area contributed by atoms with Crippen molar-refractivity contribution < 1.29 is 4.79 Å². The van der Waals surface area contributed by atoms with Crippen LogP contribution in [-0.4, -0.2) is 32.6 Å². The summed E-state index contributed by atoms with van der Waals surface area (Å²) < 4.78 is 1.94. The van der Waals surface area contributed by atoms with Crippen molar-refractivity contribution in [3.63, 3.8) is 0 Å². The van der Waals surface area contributed by atoms with Gasteiger partial charge in [-0.2, -0.15) is 5.26 Å².